The monoisotopic (exact) mass is 260 g/mol. The van der Waals surface area contributed by atoms with Gasteiger partial charge in [0.2, 0.25) is 0 Å². The fourth-order valence-corrected chi connectivity index (χ4v) is 1.33. The van der Waals surface area contributed by atoms with Crippen molar-refractivity contribution in [2.24, 2.45) is 0 Å². The Labute approximate surface area is 103 Å². The molecule has 0 amide bonds. The molecule has 0 aliphatic heterocycles. The van der Waals surface area contributed by atoms with Gasteiger partial charge < -0.3 is 10.1 Å². The van der Waals surface area contributed by atoms with Gasteiger partial charge in [-0.3, -0.25) is 10.1 Å². The summed E-state index contributed by atoms with van der Waals surface area (Å²) < 4.78 is 29.4. The van der Waals surface area contributed by atoms with Gasteiger partial charge in [-0.05, 0) is 13.8 Å². The molecular weight excluding hydrogens is 246 g/mol. The van der Waals surface area contributed by atoms with Crippen LogP contribution in [0.1, 0.15) is 13.8 Å². The standard InChI is InChI=1S/C11H14F2N2O3/c1-7(2)18-10-4-8(14-6-11(12)13)3-9(5-10)15(16)17/h3-5,7,11,14H,6H2,1-2H3. The lowest BCUT2D eigenvalue weighted by Crippen LogP contribution is -2.11. The first-order chi connectivity index (χ1) is 8.38. The number of halogens is 2. The van der Waals surface area contributed by atoms with Crippen molar-refractivity contribution in [1.82, 2.24) is 0 Å². The molecule has 0 unspecified atom stereocenters. The highest BCUT2D eigenvalue weighted by Crippen LogP contribution is 2.26. The number of ether oxygens (including phenoxy) is 1. The van der Waals surface area contributed by atoms with Gasteiger partial charge in [-0.25, -0.2) is 8.78 Å². The number of non-ortho nitro benzene ring substituents is 1. The molecule has 0 saturated carbocycles. The number of nitrogens with zero attached hydrogens (tertiary/aromatic N) is 1. The number of nitro benzene ring substituents is 1. The summed E-state index contributed by atoms with van der Waals surface area (Å²) in [5, 5.41) is 13.1. The second-order valence-corrected chi connectivity index (χ2v) is 3.91. The Hall–Kier alpha value is -1.92. The van der Waals surface area contributed by atoms with Gasteiger partial charge in [0.15, 0.2) is 0 Å². The molecule has 0 saturated heterocycles. The van der Waals surface area contributed by atoms with Crippen LogP contribution in [-0.4, -0.2) is 24.0 Å². The second kappa shape index (κ2) is 6.13. The van der Waals surface area contributed by atoms with Gasteiger partial charge in [-0.15, -0.1) is 0 Å². The van der Waals surface area contributed by atoms with E-state index in [1.807, 2.05) is 0 Å². The molecular formula is C11H14F2N2O3. The molecule has 0 heterocycles. The van der Waals surface area contributed by atoms with Crippen molar-refractivity contribution in [3.05, 3.63) is 28.3 Å². The van der Waals surface area contributed by atoms with Crippen molar-refractivity contribution in [3.63, 3.8) is 0 Å². The minimum absolute atomic E-state index is 0.157. The van der Waals surface area contributed by atoms with Crippen molar-refractivity contribution >= 4 is 11.4 Å². The number of hydrogen-bond acceptors (Lipinski definition) is 4. The van der Waals surface area contributed by atoms with E-state index in [2.05, 4.69) is 5.32 Å². The lowest BCUT2D eigenvalue weighted by atomic mass is 10.2. The van der Waals surface area contributed by atoms with Crippen LogP contribution in [0.3, 0.4) is 0 Å². The highest BCUT2D eigenvalue weighted by atomic mass is 19.3. The maximum absolute atomic E-state index is 12.1. The van der Waals surface area contributed by atoms with Crippen LogP contribution in [0.5, 0.6) is 5.75 Å². The van der Waals surface area contributed by atoms with Crippen molar-refractivity contribution in [2.45, 2.75) is 26.4 Å². The Morgan fingerprint density at radius 2 is 2.06 bits per heavy atom. The van der Waals surface area contributed by atoms with Gasteiger partial charge >= 0.3 is 0 Å². The maximum atomic E-state index is 12.1. The summed E-state index contributed by atoms with van der Waals surface area (Å²) >= 11 is 0. The van der Waals surface area contributed by atoms with Gasteiger partial charge in [-0.2, -0.15) is 0 Å². The predicted molar refractivity (Wildman–Crippen MR) is 63.4 cm³/mol. The number of rotatable bonds is 6. The first-order valence-corrected chi connectivity index (χ1v) is 5.36. The molecule has 0 aromatic heterocycles. The molecule has 0 spiro atoms. The van der Waals surface area contributed by atoms with Crippen LogP contribution in [0.25, 0.3) is 0 Å². The Morgan fingerprint density at radius 3 is 2.56 bits per heavy atom. The molecule has 7 heteroatoms. The second-order valence-electron chi connectivity index (χ2n) is 3.91. The lowest BCUT2D eigenvalue weighted by Gasteiger charge is -2.12. The Balaban J connectivity index is 2.94. The largest absolute Gasteiger partial charge is 0.491 e. The van der Waals surface area contributed by atoms with Crippen molar-refractivity contribution in [2.75, 3.05) is 11.9 Å². The van der Waals surface area contributed by atoms with Crippen molar-refractivity contribution in [1.29, 1.82) is 0 Å². The summed E-state index contributed by atoms with van der Waals surface area (Å²) in [5.41, 5.74) is 0.0325. The van der Waals surface area contributed by atoms with Gasteiger partial charge in [0.05, 0.1) is 23.6 Å². The van der Waals surface area contributed by atoms with Gasteiger partial charge in [0, 0.05) is 17.8 Å². The van der Waals surface area contributed by atoms with Crippen LogP contribution in [0.4, 0.5) is 20.2 Å². The zero-order valence-corrected chi connectivity index (χ0v) is 10.0. The summed E-state index contributed by atoms with van der Waals surface area (Å²) in [5.74, 6) is 0.274. The number of benzene rings is 1. The molecule has 0 atom stereocenters. The van der Waals surface area contributed by atoms with E-state index in [1.54, 1.807) is 13.8 Å². The summed E-state index contributed by atoms with van der Waals surface area (Å²) in [6.45, 7) is 2.97. The highest BCUT2D eigenvalue weighted by molar-refractivity contribution is 5.56. The van der Waals surface area contributed by atoms with E-state index in [0.29, 0.717) is 0 Å². The minimum atomic E-state index is -2.53. The topological polar surface area (TPSA) is 64.4 Å². The number of hydrogen-bond donors (Lipinski definition) is 1. The average molecular weight is 260 g/mol. The lowest BCUT2D eigenvalue weighted by molar-refractivity contribution is -0.384. The molecule has 0 radical (unpaired) electrons. The Kier molecular flexibility index (Phi) is 4.82. The van der Waals surface area contributed by atoms with Crippen LogP contribution < -0.4 is 10.1 Å². The van der Waals surface area contributed by atoms with E-state index >= 15 is 0 Å². The molecule has 0 fully saturated rings. The minimum Gasteiger partial charge on any atom is -0.491 e. The van der Waals surface area contributed by atoms with Crippen LogP contribution in [-0.2, 0) is 0 Å². The molecule has 1 rings (SSSR count). The van der Waals surface area contributed by atoms with Crippen LogP contribution in [0.2, 0.25) is 0 Å². The van der Waals surface area contributed by atoms with Gasteiger partial charge in [-0.1, -0.05) is 0 Å². The molecule has 100 valence electrons. The van der Waals surface area contributed by atoms with Crippen LogP contribution in [0, 0.1) is 10.1 Å². The van der Waals surface area contributed by atoms with E-state index < -0.39 is 17.9 Å². The normalized spacial score (nSPS) is 10.8. The number of nitro groups is 1. The molecule has 0 aliphatic rings. The third-order valence-corrected chi connectivity index (χ3v) is 1.93. The molecule has 1 N–H and O–H groups in total. The summed E-state index contributed by atoms with van der Waals surface area (Å²) in [4.78, 5) is 10.1. The molecule has 0 bridgehead atoms. The molecule has 1 aromatic rings. The highest BCUT2D eigenvalue weighted by Gasteiger charge is 2.12. The predicted octanol–water partition coefficient (Wildman–Crippen LogP) is 3.06. The zero-order valence-electron chi connectivity index (χ0n) is 10.0. The number of alkyl halides is 2. The Bertz CT molecular complexity index is 425. The van der Waals surface area contributed by atoms with E-state index in [-0.39, 0.29) is 23.2 Å². The number of anilines is 1. The number of nitrogens with one attached hydrogen (secondary N) is 1. The average Bonchev–Trinajstić information content (AvgIpc) is 2.25. The van der Waals surface area contributed by atoms with Crippen LogP contribution >= 0.6 is 0 Å². The maximum Gasteiger partial charge on any atom is 0.275 e. The van der Waals surface area contributed by atoms with Gasteiger partial charge in [0.25, 0.3) is 12.1 Å². The zero-order chi connectivity index (χ0) is 13.7. The molecule has 0 aliphatic carbocycles. The fraction of sp³-hybridized carbons (Fsp3) is 0.455. The summed E-state index contributed by atoms with van der Waals surface area (Å²) in [6.07, 6.45) is -2.69. The van der Waals surface area contributed by atoms with Crippen molar-refractivity contribution in [3.8, 4) is 5.75 Å². The molecule has 1 aromatic carbocycles. The fourth-order valence-electron chi connectivity index (χ4n) is 1.33. The van der Waals surface area contributed by atoms with Gasteiger partial charge in [0.1, 0.15) is 5.75 Å². The van der Waals surface area contributed by atoms with E-state index in [0.717, 1.165) is 0 Å². The van der Waals surface area contributed by atoms with Crippen LogP contribution in [0.15, 0.2) is 18.2 Å². The van der Waals surface area contributed by atoms with E-state index in [9.17, 15) is 18.9 Å². The quantitative estimate of drug-likeness (QED) is 0.630. The third kappa shape index (κ3) is 4.52. The van der Waals surface area contributed by atoms with Crippen molar-refractivity contribution < 1.29 is 18.4 Å². The first kappa shape index (κ1) is 14.1. The Morgan fingerprint density at radius 1 is 1.39 bits per heavy atom. The summed E-state index contributed by atoms with van der Waals surface area (Å²) in [7, 11) is 0. The molecule has 18 heavy (non-hydrogen) atoms. The smallest absolute Gasteiger partial charge is 0.275 e. The third-order valence-electron chi connectivity index (χ3n) is 1.93. The SMILES string of the molecule is CC(C)Oc1cc(NCC(F)F)cc([N+](=O)[O-])c1. The molecule has 5 nitrogen and oxygen atoms in total. The summed E-state index contributed by atoms with van der Waals surface area (Å²) in [6, 6.07) is 3.90. The van der Waals surface area contributed by atoms with E-state index in [1.165, 1.54) is 18.2 Å². The first-order valence-electron chi connectivity index (χ1n) is 5.36. The van der Waals surface area contributed by atoms with E-state index in [4.69, 9.17) is 4.74 Å².